The average Bonchev–Trinajstić information content (AvgIpc) is 3.28. The first-order valence-corrected chi connectivity index (χ1v) is 8.87. The predicted octanol–water partition coefficient (Wildman–Crippen LogP) is 3.76. The number of aromatic carboxylic acids is 1. The zero-order chi connectivity index (χ0) is 20.5. The standard InChI is InChI=1S/C21H13ClN2O5/c22-12-4-3-5-13(10-12)24-20(26)17(19(25)23-24)11-14-8-9-18(29-14)15-6-1-2-7-16(15)21(27)28/h1-11H,(H,23,25)(H,27,28)/b17-11+. The van der Waals surface area contributed by atoms with Crippen molar-refractivity contribution in [1.82, 2.24) is 5.43 Å². The monoisotopic (exact) mass is 408 g/mol. The topological polar surface area (TPSA) is 99.9 Å². The summed E-state index contributed by atoms with van der Waals surface area (Å²) in [4.78, 5) is 36.3. The summed E-state index contributed by atoms with van der Waals surface area (Å²) >= 11 is 5.95. The fourth-order valence-electron chi connectivity index (χ4n) is 2.96. The minimum atomic E-state index is -1.08. The highest BCUT2D eigenvalue weighted by Gasteiger charge is 2.34. The Hall–Kier alpha value is -3.84. The SMILES string of the molecule is O=C1NN(c2cccc(Cl)c2)C(=O)/C1=C/c1ccc(-c2ccccc2C(=O)O)o1. The third-order valence-electron chi connectivity index (χ3n) is 4.29. The molecule has 1 aliphatic rings. The molecule has 2 amide bonds. The third-order valence-corrected chi connectivity index (χ3v) is 4.53. The number of hydrogen-bond acceptors (Lipinski definition) is 4. The van der Waals surface area contributed by atoms with Gasteiger partial charge in [-0.2, -0.15) is 0 Å². The molecule has 2 aromatic carbocycles. The molecule has 4 rings (SSSR count). The molecule has 1 fully saturated rings. The summed E-state index contributed by atoms with van der Waals surface area (Å²) in [5.74, 6) is -1.67. The number of amides is 2. The summed E-state index contributed by atoms with van der Waals surface area (Å²) in [6.07, 6.45) is 1.31. The number of benzene rings is 2. The van der Waals surface area contributed by atoms with E-state index in [1.165, 1.54) is 12.1 Å². The molecule has 2 heterocycles. The van der Waals surface area contributed by atoms with Crippen LogP contribution in [0.2, 0.25) is 5.02 Å². The van der Waals surface area contributed by atoms with Crippen molar-refractivity contribution >= 4 is 41.1 Å². The lowest BCUT2D eigenvalue weighted by atomic mass is 10.1. The van der Waals surface area contributed by atoms with E-state index in [0.29, 0.717) is 22.0 Å². The highest BCUT2D eigenvalue weighted by atomic mass is 35.5. The second-order valence-corrected chi connectivity index (χ2v) is 6.61. The quantitative estimate of drug-likeness (QED) is 0.505. The van der Waals surface area contributed by atoms with Crippen LogP contribution in [0.4, 0.5) is 5.69 Å². The fraction of sp³-hybridized carbons (Fsp3) is 0. The molecule has 3 aromatic rings. The van der Waals surface area contributed by atoms with E-state index in [1.807, 2.05) is 0 Å². The molecule has 7 nitrogen and oxygen atoms in total. The van der Waals surface area contributed by atoms with Gasteiger partial charge in [-0.3, -0.25) is 15.0 Å². The number of nitrogens with one attached hydrogen (secondary N) is 1. The first-order chi connectivity index (χ1) is 13.9. The first kappa shape index (κ1) is 18.5. The zero-order valence-corrected chi connectivity index (χ0v) is 15.5. The fourth-order valence-corrected chi connectivity index (χ4v) is 3.14. The molecule has 29 heavy (non-hydrogen) atoms. The van der Waals surface area contributed by atoms with Gasteiger partial charge in [-0.1, -0.05) is 35.9 Å². The lowest BCUT2D eigenvalue weighted by molar-refractivity contribution is -0.117. The number of hydrogen-bond donors (Lipinski definition) is 2. The van der Waals surface area contributed by atoms with Gasteiger partial charge in [0.15, 0.2) is 0 Å². The largest absolute Gasteiger partial charge is 0.478 e. The van der Waals surface area contributed by atoms with Crippen LogP contribution in [0, 0.1) is 0 Å². The van der Waals surface area contributed by atoms with Crippen LogP contribution in [0.5, 0.6) is 0 Å². The number of rotatable bonds is 4. The predicted molar refractivity (Wildman–Crippen MR) is 106 cm³/mol. The summed E-state index contributed by atoms with van der Waals surface area (Å²) in [5, 5.41) is 10.9. The van der Waals surface area contributed by atoms with Gasteiger partial charge in [0.25, 0.3) is 11.8 Å². The second-order valence-electron chi connectivity index (χ2n) is 6.17. The van der Waals surface area contributed by atoms with Gasteiger partial charge in [-0.15, -0.1) is 0 Å². The summed E-state index contributed by atoms with van der Waals surface area (Å²) in [5.41, 5.74) is 3.27. The number of nitrogens with zero attached hydrogens (tertiary/aromatic N) is 1. The number of carbonyl (C=O) groups is 3. The summed E-state index contributed by atoms with van der Waals surface area (Å²) in [6.45, 7) is 0. The number of halogens is 1. The maximum absolute atomic E-state index is 12.7. The van der Waals surface area contributed by atoms with Crippen LogP contribution >= 0.6 is 11.6 Å². The molecule has 1 aromatic heterocycles. The minimum absolute atomic E-state index is 0.0860. The van der Waals surface area contributed by atoms with E-state index in [9.17, 15) is 19.5 Å². The van der Waals surface area contributed by atoms with Gasteiger partial charge in [0.05, 0.1) is 11.3 Å². The molecule has 1 saturated heterocycles. The Morgan fingerprint density at radius 2 is 1.86 bits per heavy atom. The van der Waals surface area contributed by atoms with Crippen LogP contribution in [0.3, 0.4) is 0 Å². The Labute approximate surface area is 169 Å². The van der Waals surface area contributed by atoms with Crippen molar-refractivity contribution in [1.29, 1.82) is 0 Å². The second kappa shape index (κ2) is 7.29. The molecule has 0 bridgehead atoms. The maximum atomic E-state index is 12.7. The molecule has 144 valence electrons. The van der Waals surface area contributed by atoms with Crippen LogP contribution in [0.25, 0.3) is 17.4 Å². The van der Waals surface area contributed by atoms with Gasteiger partial charge < -0.3 is 9.52 Å². The van der Waals surface area contributed by atoms with Gasteiger partial charge in [-0.05, 0) is 42.5 Å². The van der Waals surface area contributed by atoms with Crippen LogP contribution in [0.15, 0.2) is 70.7 Å². The maximum Gasteiger partial charge on any atom is 0.336 e. The molecule has 0 spiro atoms. The molecule has 0 aliphatic carbocycles. The van der Waals surface area contributed by atoms with E-state index in [4.69, 9.17) is 16.0 Å². The van der Waals surface area contributed by atoms with Gasteiger partial charge >= 0.3 is 5.97 Å². The van der Waals surface area contributed by atoms with Crippen LogP contribution < -0.4 is 10.4 Å². The van der Waals surface area contributed by atoms with Gasteiger partial charge in [-0.25, -0.2) is 9.80 Å². The lowest BCUT2D eigenvalue weighted by Crippen LogP contribution is -2.35. The number of furan rings is 1. The van der Waals surface area contributed by atoms with Crippen LogP contribution in [0.1, 0.15) is 16.1 Å². The van der Waals surface area contributed by atoms with Gasteiger partial charge in [0.1, 0.15) is 17.1 Å². The molecule has 2 N–H and O–H groups in total. The lowest BCUT2D eigenvalue weighted by Gasteiger charge is -2.14. The molecule has 0 saturated carbocycles. The number of carboxylic acid groups (broad SMARTS) is 1. The molecule has 1 aliphatic heterocycles. The smallest absolute Gasteiger partial charge is 0.336 e. The number of carboxylic acids is 1. The van der Waals surface area contributed by atoms with Crippen molar-refractivity contribution in [3.8, 4) is 11.3 Å². The van der Waals surface area contributed by atoms with E-state index in [1.54, 1.807) is 54.6 Å². The normalized spacial score (nSPS) is 15.1. The van der Waals surface area contributed by atoms with E-state index < -0.39 is 17.8 Å². The molecule has 0 unspecified atom stereocenters. The summed E-state index contributed by atoms with van der Waals surface area (Å²) in [7, 11) is 0. The average molecular weight is 409 g/mol. The highest BCUT2D eigenvalue weighted by molar-refractivity contribution is 6.33. The number of hydrazine groups is 1. The van der Waals surface area contributed by atoms with Crippen molar-refractivity contribution in [2.75, 3.05) is 5.01 Å². The molecular weight excluding hydrogens is 396 g/mol. The Morgan fingerprint density at radius 1 is 1.07 bits per heavy atom. The summed E-state index contributed by atoms with van der Waals surface area (Å²) < 4.78 is 5.67. The van der Waals surface area contributed by atoms with Crippen molar-refractivity contribution in [2.24, 2.45) is 0 Å². The Bertz CT molecular complexity index is 1180. The van der Waals surface area contributed by atoms with Crippen LogP contribution in [-0.2, 0) is 9.59 Å². The highest BCUT2D eigenvalue weighted by Crippen LogP contribution is 2.28. The number of anilines is 1. The van der Waals surface area contributed by atoms with Crippen molar-refractivity contribution < 1.29 is 23.9 Å². The van der Waals surface area contributed by atoms with Crippen molar-refractivity contribution in [3.05, 3.63) is 82.6 Å². The molecule has 0 radical (unpaired) electrons. The van der Waals surface area contributed by atoms with Gasteiger partial charge in [0.2, 0.25) is 0 Å². The third kappa shape index (κ3) is 3.51. The Kier molecular flexibility index (Phi) is 4.66. The summed E-state index contributed by atoms with van der Waals surface area (Å²) in [6, 6.07) is 16.1. The number of carbonyl (C=O) groups excluding carboxylic acids is 2. The molecule has 0 atom stereocenters. The van der Waals surface area contributed by atoms with E-state index >= 15 is 0 Å². The van der Waals surface area contributed by atoms with Crippen molar-refractivity contribution in [2.45, 2.75) is 0 Å². The Morgan fingerprint density at radius 3 is 2.62 bits per heavy atom. The van der Waals surface area contributed by atoms with E-state index in [-0.39, 0.29) is 16.9 Å². The van der Waals surface area contributed by atoms with Crippen LogP contribution in [-0.4, -0.2) is 22.9 Å². The first-order valence-electron chi connectivity index (χ1n) is 8.49. The minimum Gasteiger partial charge on any atom is -0.478 e. The Balaban J connectivity index is 1.65. The molecular formula is C21H13ClN2O5. The van der Waals surface area contributed by atoms with Crippen molar-refractivity contribution in [3.63, 3.8) is 0 Å². The molecule has 8 heteroatoms. The van der Waals surface area contributed by atoms with Gasteiger partial charge in [0, 0.05) is 10.6 Å². The van der Waals surface area contributed by atoms with E-state index in [0.717, 1.165) is 5.01 Å². The van der Waals surface area contributed by atoms with E-state index in [2.05, 4.69) is 5.43 Å². The zero-order valence-electron chi connectivity index (χ0n) is 14.8.